The second-order valence-corrected chi connectivity index (χ2v) is 5.12. The molecule has 1 saturated heterocycles. The van der Waals surface area contributed by atoms with Crippen molar-refractivity contribution < 1.29 is 9.18 Å². The highest BCUT2D eigenvalue weighted by Crippen LogP contribution is 2.18. The van der Waals surface area contributed by atoms with Crippen LogP contribution in [-0.4, -0.2) is 32.0 Å². The molecule has 108 valence electrons. The van der Waals surface area contributed by atoms with Gasteiger partial charge in [-0.1, -0.05) is 12.1 Å². The number of anilines is 1. The highest BCUT2D eigenvalue weighted by molar-refractivity contribution is 6.09. The van der Waals surface area contributed by atoms with Crippen LogP contribution in [0.15, 0.2) is 48.5 Å². The van der Waals surface area contributed by atoms with Crippen LogP contribution in [0.5, 0.6) is 0 Å². The first kappa shape index (κ1) is 13.8. The summed E-state index contributed by atoms with van der Waals surface area (Å²) in [5, 5.41) is 3.31. The molecule has 0 saturated carbocycles. The molecule has 0 spiro atoms. The smallest absolute Gasteiger partial charge is 0.193 e. The molecule has 2 aromatic rings. The molecule has 0 atom stereocenters. The second kappa shape index (κ2) is 6.06. The molecule has 0 aliphatic carbocycles. The molecule has 3 nitrogen and oxygen atoms in total. The maximum atomic E-state index is 13.2. The fraction of sp³-hybridized carbons (Fsp3) is 0.235. The Morgan fingerprint density at radius 2 is 1.71 bits per heavy atom. The summed E-state index contributed by atoms with van der Waals surface area (Å²) in [6, 6.07) is 13.3. The first-order valence-corrected chi connectivity index (χ1v) is 7.10. The average molecular weight is 284 g/mol. The lowest BCUT2D eigenvalue weighted by Gasteiger charge is -2.29. The molecule has 1 N–H and O–H groups in total. The minimum Gasteiger partial charge on any atom is -0.369 e. The fourth-order valence-electron chi connectivity index (χ4n) is 2.54. The van der Waals surface area contributed by atoms with E-state index in [-0.39, 0.29) is 5.78 Å². The maximum absolute atomic E-state index is 13.2. The lowest BCUT2D eigenvalue weighted by atomic mass is 10.0. The Kier molecular flexibility index (Phi) is 3.97. The summed E-state index contributed by atoms with van der Waals surface area (Å²) in [7, 11) is 0. The van der Waals surface area contributed by atoms with Crippen LogP contribution >= 0.6 is 0 Å². The highest BCUT2D eigenvalue weighted by atomic mass is 19.1. The van der Waals surface area contributed by atoms with Crippen LogP contribution in [0.3, 0.4) is 0 Å². The van der Waals surface area contributed by atoms with E-state index in [1.807, 2.05) is 24.3 Å². The summed E-state index contributed by atoms with van der Waals surface area (Å²) in [6.45, 7) is 3.89. The molecule has 21 heavy (non-hydrogen) atoms. The number of hydrogen-bond acceptors (Lipinski definition) is 3. The molecule has 3 rings (SSSR count). The Morgan fingerprint density at radius 3 is 2.38 bits per heavy atom. The number of rotatable bonds is 3. The van der Waals surface area contributed by atoms with Gasteiger partial charge in [-0.3, -0.25) is 4.79 Å². The molecule has 0 amide bonds. The van der Waals surface area contributed by atoms with Crippen molar-refractivity contribution in [2.75, 3.05) is 31.1 Å². The van der Waals surface area contributed by atoms with E-state index in [0.29, 0.717) is 11.1 Å². The van der Waals surface area contributed by atoms with E-state index in [2.05, 4.69) is 10.2 Å². The van der Waals surface area contributed by atoms with Crippen molar-refractivity contribution in [3.63, 3.8) is 0 Å². The van der Waals surface area contributed by atoms with E-state index in [1.54, 1.807) is 12.1 Å². The normalized spacial score (nSPS) is 15.0. The summed E-state index contributed by atoms with van der Waals surface area (Å²) < 4.78 is 13.2. The number of nitrogens with one attached hydrogen (secondary N) is 1. The zero-order chi connectivity index (χ0) is 14.7. The van der Waals surface area contributed by atoms with Gasteiger partial charge < -0.3 is 10.2 Å². The molecule has 0 aromatic heterocycles. The lowest BCUT2D eigenvalue weighted by Crippen LogP contribution is -2.43. The summed E-state index contributed by atoms with van der Waals surface area (Å²) >= 11 is 0. The highest BCUT2D eigenvalue weighted by Gasteiger charge is 2.13. The Hall–Kier alpha value is -2.20. The number of halogens is 1. The quantitative estimate of drug-likeness (QED) is 0.879. The molecule has 1 aliphatic heterocycles. The molecule has 2 aromatic carbocycles. The van der Waals surface area contributed by atoms with Gasteiger partial charge in [0.05, 0.1) is 0 Å². The van der Waals surface area contributed by atoms with Gasteiger partial charge in [-0.2, -0.15) is 0 Å². The zero-order valence-corrected chi connectivity index (χ0v) is 11.7. The predicted octanol–water partition coefficient (Wildman–Crippen LogP) is 2.47. The fourth-order valence-corrected chi connectivity index (χ4v) is 2.54. The minimum atomic E-state index is -0.390. The Morgan fingerprint density at radius 1 is 1.00 bits per heavy atom. The summed E-state index contributed by atoms with van der Waals surface area (Å²) in [4.78, 5) is 14.6. The number of piperazine rings is 1. The standard InChI is InChI=1S/C17H17FN2O/c18-15-3-1-2-14(12-15)17(21)13-4-6-16(7-5-13)20-10-8-19-9-11-20/h1-7,12,19H,8-11H2. The van der Waals surface area contributed by atoms with Crippen LogP contribution in [0.4, 0.5) is 10.1 Å². The van der Waals surface area contributed by atoms with Gasteiger partial charge in [0.25, 0.3) is 0 Å². The molecular formula is C17H17FN2O. The van der Waals surface area contributed by atoms with Gasteiger partial charge >= 0.3 is 0 Å². The average Bonchev–Trinajstić information content (AvgIpc) is 2.55. The van der Waals surface area contributed by atoms with E-state index in [9.17, 15) is 9.18 Å². The third kappa shape index (κ3) is 3.11. The molecule has 1 fully saturated rings. The second-order valence-electron chi connectivity index (χ2n) is 5.12. The number of hydrogen-bond donors (Lipinski definition) is 1. The van der Waals surface area contributed by atoms with Crippen molar-refractivity contribution in [1.29, 1.82) is 0 Å². The third-order valence-electron chi connectivity index (χ3n) is 3.70. The van der Waals surface area contributed by atoms with E-state index < -0.39 is 5.82 Å². The van der Waals surface area contributed by atoms with Crippen molar-refractivity contribution in [3.8, 4) is 0 Å². The minimum absolute atomic E-state index is 0.152. The molecule has 0 radical (unpaired) electrons. The van der Waals surface area contributed by atoms with Crippen LogP contribution in [0.25, 0.3) is 0 Å². The van der Waals surface area contributed by atoms with E-state index in [0.717, 1.165) is 31.9 Å². The van der Waals surface area contributed by atoms with Gasteiger partial charge in [0.1, 0.15) is 5.82 Å². The Balaban J connectivity index is 1.78. The number of ketones is 1. The van der Waals surface area contributed by atoms with Crippen LogP contribution in [0, 0.1) is 5.82 Å². The first-order chi connectivity index (χ1) is 10.2. The van der Waals surface area contributed by atoms with Crippen LogP contribution in [0.1, 0.15) is 15.9 Å². The van der Waals surface area contributed by atoms with Gasteiger partial charge in [-0.05, 0) is 36.4 Å². The Labute approximate surface area is 123 Å². The number of carbonyl (C=O) groups is 1. The largest absolute Gasteiger partial charge is 0.369 e. The van der Waals surface area contributed by atoms with Crippen LogP contribution < -0.4 is 10.2 Å². The van der Waals surface area contributed by atoms with Gasteiger partial charge in [-0.15, -0.1) is 0 Å². The summed E-state index contributed by atoms with van der Waals surface area (Å²) in [5.74, 6) is -0.542. The van der Waals surface area contributed by atoms with Crippen LogP contribution in [0.2, 0.25) is 0 Å². The molecule has 0 bridgehead atoms. The van der Waals surface area contributed by atoms with Crippen molar-refractivity contribution in [2.45, 2.75) is 0 Å². The zero-order valence-electron chi connectivity index (χ0n) is 11.7. The molecule has 1 aliphatic rings. The lowest BCUT2D eigenvalue weighted by molar-refractivity contribution is 0.103. The topological polar surface area (TPSA) is 32.3 Å². The molecular weight excluding hydrogens is 267 g/mol. The van der Waals surface area contributed by atoms with Gasteiger partial charge in [0.15, 0.2) is 5.78 Å². The molecule has 1 heterocycles. The van der Waals surface area contributed by atoms with E-state index >= 15 is 0 Å². The maximum Gasteiger partial charge on any atom is 0.193 e. The van der Waals surface area contributed by atoms with Crippen molar-refractivity contribution >= 4 is 11.5 Å². The van der Waals surface area contributed by atoms with Gasteiger partial charge in [-0.25, -0.2) is 4.39 Å². The van der Waals surface area contributed by atoms with E-state index in [1.165, 1.54) is 12.1 Å². The van der Waals surface area contributed by atoms with Crippen molar-refractivity contribution in [3.05, 3.63) is 65.5 Å². The summed E-state index contributed by atoms with van der Waals surface area (Å²) in [5.41, 5.74) is 2.08. The first-order valence-electron chi connectivity index (χ1n) is 7.10. The molecule has 0 unspecified atom stereocenters. The third-order valence-corrected chi connectivity index (χ3v) is 3.70. The SMILES string of the molecule is O=C(c1ccc(N2CCNCC2)cc1)c1cccc(F)c1. The monoisotopic (exact) mass is 284 g/mol. The van der Waals surface area contributed by atoms with Crippen molar-refractivity contribution in [1.82, 2.24) is 5.32 Å². The predicted molar refractivity (Wildman–Crippen MR) is 81.4 cm³/mol. The number of carbonyl (C=O) groups excluding carboxylic acids is 1. The van der Waals surface area contributed by atoms with Crippen molar-refractivity contribution in [2.24, 2.45) is 0 Å². The van der Waals surface area contributed by atoms with Gasteiger partial charge in [0.2, 0.25) is 0 Å². The Bertz CT molecular complexity index is 633. The van der Waals surface area contributed by atoms with E-state index in [4.69, 9.17) is 0 Å². The summed E-state index contributed by atoms with van der Waals surface area (Å²) in [6.07, 6.45) is 0. The molecule has 4 heteroatoms. The van der Waals surface area contributed by atoms with Gasteiger partial charge in [0, 0.05) is 43.0 Å². The number of benzene rings is 2. The number of nitrogens with zero attached hydrogens (tertiary/aromatic N) is 1. The van der Waals surface area contributed by atoms with Crippen LogP contribution in [-0.2, 0) is 0 Å².